The van der Waals surface area contributed by atoms with Crippen LogP contribution in [0.2, 0.25) is 0 Å². The molecular formula is C11H15NO2S. The minimum Gasteiger partial charge on any atom is -0.481 e. The van der Waals surface area contributed by atoms with Gasteiger partial charge in [-0.05, 0) is 36.8 Å². The first kappa shape index (κ1) is 10.6. The Morgan fingerprint density at radius 2 is 2.33 bits per heavy atom. The summed E-state index contributed by atoms with van der Waals surface area (Å²) in [5, 5.41) is 11.2. The summed E-state index contributed by atoms with van der Waals surface area (Å²) < 4.78 is 0. The van der Waals surface area contributed by atoms with E-state index in [1.165, 1.54) is 0 Å². The van der Waals surface area contributed by atoms with Crippen molar-refractivity contribution < 1.29 is 9.90 Å². The van der Waals surface area contributed by atoms with Gasteiger partial charge in [-0.3, -0.25) is 4.79 Å². The molecule has 1 aliphatic rings. The SMILES string of the molecule is Cc1ccsc1C(N)C1(C(=O)O)CCC1. The van der Waals surface area contributed by atoms with Gasteiger partial charge in [0.25, 0.3) is 0 Å². The van der Waals surface area contributed by atoms with E-state index in [1.807, 2.05) is 18.4 Å². The molecule has 0 amide bonds. The molecule has 1 heterocycles. The number of thiophene rings is 1. The summed E-state index contributed by atoms with van der Waals surface area (Å²) in [7, 11) is 0. The van der Waals surface area contributed by atoms with Crippen LogP contribution in [0.5, 0.6) is 0 Å². The summed E-state index contributed by atoms with van der Waals surface area (Å²) in [6.45, 7) is 1.99. The van der Waals surface area contributed by atoms with Gasteiger partial charge in [-0.25, -0.2) is 0 Å². The van der Waals surface area contributed by atoms with Crippen LogP contribution in [-0.2, 0) is 4.79 Å². The number of carboxylic acid groups (broad SMARTS) is 1. The molecule has 3 nitrogen and oxygen atoms in total. The molecule has 15 heavy (non-hydrogen) atoms. The van der Waals surface area contributed by atoms with E-state index in [1.54, 1.807) is 11.3 Å². The highest BCUT2D eigenvalue weighted by Gasteiger charge is 2.50. The van der Waals surface area contributed by atoms with E-state index in [2.05, 4.69) is 0 Å². The molecule has 0 saturated heterocycles. The van der Waals surface area contributed by atoms with Crippen LogP contribution in [0, 0.1) is 12.3 Å². The van der Waals surface area contributed by atoms with Crippen molar-refractivity contribution in [3.05, 3.63) is 21.9 Å². The Balaban J connectivity index is 2.31. The van der Waals surface area contributed by atoms with Crippen molar-refractivity contribution in [1.29, 1.82) is 0 Å². The minimum absolute atomic E-state index is 0.344. The zero-order valence-corrected chi connectivity index (χ0v) is 9.51. The van der Waals surface area contributed by atoms with E-state index in [9.17, 15) is 9.90 Å². The van der Waals surface area contributed by atoms with Crippen molar-refractivity contribution in [2.45, 2.75) is 32.2 Å². The summed E-state index contributed by atoms with van der Waals surface area (Å²) in [6.07, 6.45) is 2.39. The number of rotatable bonds is 3. The van der Waals surface area contributed by atoms with Crippen molar-refractivity contribution in [3.8, 4) is 0 Å². The van der Waals surface area contributed by atoms with Crippen LogP contribution in [0.3, 0.4) is 0 Å². The van der Waals surface area contributed by atoms with Gasteiger partial charge in [-0.1, -0.05) is 6.42 Å². The maximum absolute atomic E-state index is 11.3. The zero-order valence-electron chi connectivity index (χ0n) is 8.69. The first-order chi connectivity index (χ1) is 7.08. The molecule has 3 N–H and O–H groups in total. The molecule has 4 heteroatoms. The van der Waals surface area contributed by atoms with Gasteiger partial charge in [0.15, 0.2) is 0 Å². The monoisotopic (exact) mass is 225 g/mol. The van der Waals surface area contributed by atoms with Crippen molar-refractivity contribution in [2.24, 2.45) is 11.1 Å². The molecule has 1 fully saturated rings. The van der Waals surface area contributed by atoms with Gasteiger partial charge in [0, 0.05) is 4.88 Å². The topological polar surface area (TPSA) is 63.3 Å². The standard InChI is InChI=1S/C11H15NO2S/c1-7-3-6-15-8(7)9(12)11(10(13)14)4-2-5-11/h3,6,9H,2,4-5,12H2,1H3,(H,13,14). The highest BCUT2D eigenvalue weighted by Crippen LogP contribution is 2.50. The Kier molecular flexibility index (Phi) is 2.56. The molecule has 82 valence electrons. The molecule has 0 bridgehead atoms. The number of carboxylic acids is 1. The Morgan fingerprint density at radius 1 is 1.67 bits per heavy atom. The van der Waals surface area contributed by atoms with Gasteiger partial charge >= 0.3 is 5.97 Å². The molecule has 0 aliphatic heterocycles. The van der Waals surface area contributed by atoms with Gasteiger partial charge in [-0.15, -0.1) is 11.3 Å². The predicted octanol–water partition coefficient (Wildman–Crippen LogP) is 2.31. The molecule has 0 spiro atoms. The van der Waals surface area contributed by atoms with E-state index in [-0.39, 0.29) is 6.04 Å². The lowest BCUT2D eigenvalue weighted by atomic mass is 9.63. The smallest absolute Gasteiger partial charge is 0.311 e. The molecule has 1 aliphatic carbocycles. The summed E-state index contributed by atoms with van der Waals surface area (Å²) in [5.41, 5.74) is 6.52. The minimum atomic E-state index is -0.742. The molecule has 1 aromatic heterocycles. The summed E-state index contributed by atoms with van der Waals surface area (Å²) in [6, 6.07) is 1.65. The van der Waals surface area contributed by atoms with Gasteiger partial charge in [0.05, 0.1) is 11.5 Å². The average Bonchev–Trinajstić information content (AvgIpc) is 2.48. The van der Waals surface area contributed by atoms with Gasteiger partial charge in [0.2, 0.25) is 0 Å². The van der Waals surface area contributed by atoms with Crippen molar-refractivity contribution in [1.82, 2.24) is 0 Å². The highest BCUT2D eigenvalue weighted by molar-refractivity contribution is 7.10. The second kappa shape index (κ2) is 3.61. The maximum atomic E-state index is 11.3. The fraction of sp³-hybridized carbons (Fsp3) is 0.545. The fourth-order valence-electron chi connectivity index (χ4n) is 2.17. The number of aliphatic carboxylic acids is 1. The Morgan fingerprint density at radius 3 is 2.67 bits per heavy atom. The second-order valence-electron chi connectivity index (χ2n) is 4.26. The largest absolute Gasteiger partial charge is 0.481 e. The fourth-order valence-corrected chi connectivity index (χ4v) is 3.21. The van der Waals surface area contributed by atoms with Crippen LogP contribution < -0.4 is 5.73 Å². The van der Waals surface area contributed by atoms with Crippen LogP contribution >= 0.6 is 11.3 Å². The van der Waals surface area contributed by atoms with Crippen molar-refractivity contribution in [3.63, 3.8) is 0 Å². The number of hydrogen-bond donors (Lipinski definition) is 2. The normalized spacial score (nSPS) is 20.7. The molecule has 1 atom stereocenters. The van der Waals surface area contributed by atoms with Crippen LogP contribution in [0.25, 0.3) is 0 Å². The Bertz CT molecular complexity index is 382. The quantitative estimate of drug-likeness (QED) is 0.829. The van der Waals surface area contributed by atoms with Gasteiger partial charge < -0.3 is 10.8 Å². The predicted molar refractivity (Wildman–Crippen MR) is 59.9 cm³/mol. The second-order valence-corrected chi connectivity index (χ2v) is 5.21. The van der Waals surface area contributed by atoms with E-state index < -0.39 is 11.4 Å². The van der Waals surface area contributed by atoms with Crippen molar-refractivity contribution >= 4 is 17.3 Å². The van der Waals surface area contributed by atoms with E-state index in [0.717, 1.165) is 16.9 Å². The first-order valence-corrected chi connectivity index (χ1v) is 5.99. The van der Waals surface area contributed by atoms with Crippen molar-refractivity contribution in [2.75, 3.05) is 0 Å². The molecule has 1 aromatic rings. The summed E-state index contributed by atoms with van der Waals surface area (Å²) in [5.74, 6) is -0.742. The summed E-state index contributed by atoms with van der Waals surface area (Å²) >= 11 is 1.56. The first-order valence-electron chi connectivity index (χ1n) is 5.11. The Hall–Kier alpha value is -0.870. The van der Waals surface area contributed by atoms with Gasteiger partial charge in [-0.2, -0.15) is 0 Å². The number of hydrogen-bond acceptors (Lipinski definition) is 3. The van der Waals surface area contributed by atoms with E-state index >= 15 is 0 Å². The number of aryl methyl sites for hydroxylation is 1. The van der Waals surface area contributed by atoms with E-state index in [0.29, 0.717) is 12.8 Å². The molecule has 0 aromatic carbocycles. The molecular weight excluding hydrogens is 210 g/mol. The molecule has 0 radical (unpaired) electrons. The third kappa shape index (κ3) is 1.48. The lowest BCUT2D eigenvalue weighted by Gasteiger charge is -2.42. The lowest BCUT2D eigenvalue weighted by Crippen LogP contribution is -2.46. The third-order valence-electron chi connectivity index (χ3n) is 3.45. The molecule has 1 unspecified atom stereocenters. The van der Waals surface area contributed by atoms with E-state index in [4.69, 9.17) is 5.73 Å². The maximum Gasteiger partial charge on any atom is 0.311 e. The molecule has 1 saturated carbocycles. The number of nitrogens with two attached hydrogens (primary N) is 1. The third-order valence-corrected chi connectivity index (χ3v) is 4.55. The number of carbonyl (C=O) groups is 1. The lowest BCUT2D eigenvalue weighted by molar-refractivity contribution is -0.156. The average molecular weight is 225 g/mol. The van der Waals surface area contributed by atoms with Crippen LogP contribution in [0.1, 0.15) is 35.7 Å². The Labute approximate surface area is 92.9 Å². The molecule has 2 rings (SSSR count). The van der Waals surface area contributed by atoms with Gasteiger partial charge in [0.1, 0.15) is 0 Å². The zero-order chi connectivity index (χ0) is 11.1. The van der Waals surface area contributed by atoms with Crippen LogP contribution in [-0.4, -0.2) is 11.1 Å². The van der Waals surface area contributed by atoms with Crippen LogP contribution in [0.15, 0.2) is 11.4 Å². The summed E-state index contributed by atoms with van der Waals surface area (Å²) in [4.78, 5) is 12.3. The van der Waals surface area contributed by atoms with Crippen LogP contribution in [0.4, 0.5) is 0 Å². The highest BCUT2D eigenvalue weighted by atomic mass is 32.1.